The molecular formula is C18H24N2O7. The Morgan fingerprint density at radius 2 is 2.15 bits per heavy atom. The van der Waals surface area contributed by atoms with Gasteiger partial charge in [-0.05, 0) is 55.6 Å². The number of phenols is 1. The van der Waals surface area contributed by atoms with Crippen LogP contribution in [0.15, 0.2) is 24.3 Å². The molecule has 27 heavy (non-hydrogen) atoms. The lowest BCUT2D eigenvalue weighted by molar-refractivity contribution is -0.757. The molecule has 1 heterocycles. The minimum atomic E-state index is -0.784. The molecule has 1 saturated heterocycles. The SMILES string of the molecule is COc1cc(/C=C/C(=O)OCC2CCN(CCO[N+](=O)[O-])CC2)ccc1O. The van der Waals surface area contributed by atoms with Crippen molar-refractivity contribution < 1.29 is 29.3 Å². The first-order chi connectivity index (χ1) is 13.0. The van der Waals surface area contributed by atoms with E-state index in [9.17, 15) is 20.0 Å². The van der Waals surface area contributed by atoms with Gasteiger partial charge >= 0.3 is 5.97 Å². The first-order valence-electron chi connectivity index (χ1n) is 8.69. The van der Waals surface area contributed by atoms with Gasteiger partial charge in [-0.15, -0.1) is 10.1 Å². The van der Waals surface area contributed by atoms with E-state index in [4.69, 9.17) is 9.47 Å². The van der Waals surface area contributed by atoms with E-state index in [0.717, 1.165) is 25.9 Å². The molecule has 9 heteroatoms. The Morgan fingerprint density at radius 1 is 1.41 bits per heavy atom. The molecule has 0 amide bonds. The van der Waals surface area contributed by atoms with E-state index in [0.29, 0.717) is 24.5 Å². The third-order valence-electron chi connectivity index (χ3n) is 4.39. The lowest BCUT2D eigenvalue weighted by atomic mass is 9.98. The van der Waals surface area contributed by atoms with E-state index in [-0.39, 0.29) is 18.3 Å². The van der Waals surface area contributed by atoms with Crippen molar-refractivity contribution in [2.75, 3.05) is 40.0 Å². The summed E-state index contributed by atoms with van der Waals surface area (Å²) in [5.41, 5.74) is 0.715. The van der Waals surface area contributed by atoms with E-state index < -0.39 is 11.1 Å². The van der Waals surface area contributed by atoms with Crippen molar-refractivity contribution in [2.45, 2.75) is 12.8 Å². The van der Waals surface area contributed by atoms with E-state index in [1.165, 1.54) is 19.3 Å². The highest BCUT2D eigenvalue weighted by atomic mass is 16.9. The fraction of sp³-hybridized carbons (Fsp3) is 0.500. The number of phenolic OH excluding ortho intramolecular Hbond substituents is 1. The average Bonchev–Trinajstić information content (AvgIpc) is 2.66. The molecule has 1 aliphatic heterocycles. The number of esters is 1. The van der Waals surface area contributed by atoms with Crippen LogP contribution < -0.4 is 4.74 Å². The highest BCUT2D eigenvalue weighted by Crippen LogP contribution is 2.26. The van der Waals surface area contributed by atoms with Crippen LogP contribution >= 0.6 is 0 Å². The Labute approximate surface area is 157 Å². The second kappa shape index (κ2) is 10.4. The smallest absolute Gasteiger partial charge is 0.330 e. The molecule has 1 aromatic carbocycles. The first kappa shape index (κ1) is 20.5. The minimum Gasteiger partial charge on any atom is -0.504 e. The number of methoxy groups -OCH3 is 1. The molecule has 1 aliphatic rings. The summed E-state index contributed by atoms with van der Waals surface area (Å²) in [6.45, 7) is 2.53. The van der Waals surface area contributed by atoms with Gasteiger partial charge in [0.1, 0.15) is 6.61 Å². The minimum absolute atomic E-state index is 0.0357. The molecule has 1 N–H and O–H groups in total. The summed E-state index contributed by atoms with van der Waals surface area (Å²) in [6, 6.07) is 4.78. The van der Waals surface area contributed by atoms with Gasteiger partial charge in [-0.3, -0.25) is 0 Å². The largest absolute Gasteiger partial charge is 0.504 e. The van der Waals surface area contributed by atoms with Crippen molar-refractivity contribution in [3.8, 4) is 11.5 Å². The van der Waals surface area contributed by atoms with Gasteiger partial charge in [-0.1, -0.05) is 6.07 Å². The molecule has 2 rings (SSSR count). The Bertz CT molecular complexity index is 670. The van der Waals surface area contributed by atoms with Crippen LogP contribution in [-0.4, -0.2) is 61.0 Å². The summed E-state index contributed by atoms with van der Waals surface area (Å²) in [7, 11) is 1.46. The standard InChI is InChI=1S/C18H24N2O7/c1-25-17-12-14(2-4-16(17)21)3-5-18(22)26-13-15-6-8-19(9-7-15)10-11-27-20(23)24/h2-5,12,15,21H,6-11,13H2,1H3/b5-3+. The molecule has 0 radical (unpaired) electrons. The zero-order valence-electron chi connectivity index (χ0n) is 15.2. The van der Waals surface area contributed by atoms with E-state index >= 15 is 0 Å². The molecule has 0 spiro atoms. The maximum absolute atomic E-state index is 11.9. The topological polar surface area (TPSA) is 111 Å². The zero-order chi connectivity index (χ0) is 19.6. The monoisotopic (exact) mass is 380 g/mol. The number of benzene rings is 1. The molecular weight excluding hydrogens is 356 g/mol. The van der Waals surface area contributed by atoms with Gasteiger partial charge in [0.05, 0.1) is 13.7 Å². The lowest BCUT2D eigenvalue weighted by Crippen LogP contribution is -2.37. The van der Waals surface area contributed by atoms with Crippen molar-refractivity contribution in [2.24, 2.45) is 5.92 Å². The maximum atomic E-state index is 11.9. The number of carbonyl (C=O) groups is 1. The summed E-state index contributed by atoms with van der Waals surface area (Å²) >= 11 is 0. The molecule has 9 nitrogen and oxygen atoms in total. The number of ether oxygens (including phenoxy) is 2. The van der Waals surface area contributed by atoms with Crippen LogP contribution in [0.1, 0.15) is 18.4 Å². The lowest BCUT2D eigenvalue weighted by Gasteiger charge is -2.31. The third kappa shape index (κ3) is 7.14. The Balaban J connectivity index is 1.68. The van der Waals surface area contributed by atoms with Crippen molar-refractivity contribution in [3.05, 3.63) is 40.0 Å². The third-order valence-corrected chi connectivity index (χ3v) is 4.39. The Morgan fingerprint density at radius 3 is 2.81 bits per heavy atom. The van der Waals surface area contributed by atoms with Crippen molar-refractivity contribution in [3.63, 3.8) is 0 Å². The van der Waals surface area contributed by atoms with Crippen LogP contribution in [0.3, 0.4) is 0 Å². The molecule has 0 aliphatic carbocycles. The summed E-state index contributed by atoms with van der Waals surface area (Å²) < 4.78 is 10.3. The van der Waals surface area contributed by atoms with Gasteiger partial charge in [0.25, 0.3) is 5.09 Å². The number of rotatable bonds is 9. The molecule has 0 bridgehead atoms. The average molecular weight is 380 g/mol. The van der Waals surface area contributed by atoms with Crippen LogP contribution in [0.5, 0.6) is 11.5 Å². The fourth-order valence-corrected chi connectivity index (χ4v) is 2.83. The maximum Gasteiger partial charge on any atom is 0.330 e. The molecule has 148 valence electrons. The summed E-state index contributed by atoms with van der Waals surface area (Å²) in [6.07, 6.45) is 4.67. The highest BCUT2D eigenvalue weighted by Gasteiger charge is 2.20. The Kier molecular flexibility index (Phi) is 7.87. The number of hydrogen-bond acceptors (Lipinski definition) is 8. The zero-order valence-corrected chi connectivity index (χ0v) is 15.2. The Hall–Kier alpha value is -2.81. The molecule has 1 aromatic rings. The second-order valence-corrected chi connectivity index (χ2v) is 6.24. The quantitative estimate of drug-likeness (QED) is 0.299. The van der Waals surface area contributed by atoms with Gasteiger partial charge < -0.3 is 24.3 Å². The van der Waals surface area contributed by atoms with E-state index in [2.05, 4.69) is 9.74 Å². The number of piperidine rings is 1. The summed E-state index contributed by atoms with van der Waals surface area (Å²) in [4.78, 5) is 28.4. The molecule has 0 atom stereocenters. The summed E-state index contributed by atoms with van der Waals surface area (Å²) in [5, 5.41) is 18.9. The number of nitrogens with zero attached hydrogens (tertiary/aromatic N) is 2. The molecule has 0 unspecified atom stereocenters. The van der Waals surface area contributed by atoms with Gasteiger partial charge in [0.2, 0.25) is 0 Å². The van der Waals surface area contributed by atoms with Crippen molar-refractivity contribution >= 4 is 12.0 Å². The second-order valence-electron chi connectivity index (χ2n) is 6.24. The highest BCUT2D eigenvalue weighted by molar-refractivity contribution is 5.87. The van der Waals surface area contributed by atoms with Crippen LogP contribution in [0, 0.1) is 16.0 Å². The van der Waals surface area contributed by atoms with Crippen LogP contribution in [0.25, 0.3) is 6.08 Å². The number of aromatic hydroxyl groups is 1. The van der Waals surface area contributed by atoms with Crippen LogP contribution in [-0.2, 0) is 14.4 Å². The van der Waals surface area contributed by atoms with Gasteiger partial charge in [0, 0.05) is 12.6 Å². The van der Waals surface area contributed by atoms with E-state index in [1.807, 2.05) is 0 Å². The predicted octanol–water partition coefficient (Wildman–Crippen LogP) is 1.88. The number of likely N-dealkylation sites (tertiary alicyclic amines) is 1. The molecule has 1 fully saturated rings. The predicted molar refractivity (Wildman–Crippen MR) is 96.8 cm³/mol. The van der Waals surface area contributed by atoms with Gasteiger partial charge in [-0.25, -0.2) is 4.79 Å². The van der Waals surface area contributed by atoms with Crippen LogP contribution in [0.2, 0.25) is 0 Å². The van der Waals surface area contributed by atoms with Crippen molar-refractivity contribution in [1.29, 1.82) is 0 Å². The molecule has 0 aromatic heterocycles. The normalized spacial score (nSPS) is 15.6. The van der Waals surface area contributed by atoms with Gasteiger partial charge in [0.15, 0.2) is 11.5 Å². The number of carbonyl (C=O) groups excluding carboxylic acids is 1. The molecule has 0 saturated carbocycles. The fourth-order valence-electron chi connectivity index (χ4n) is 2.83. The van der Waals surface area contributed by atoms with Gasteiger partial charge in [-0.2, -0.15) is 0 Å². The van der Waals surface area contributed by atoms with Crippen molar-refractivity contribution in [1.82, 2.24) is 4.90 Å². The summed E-state index contributed by atoms with van der Waals surface area (Å²) in [5.74, 6) is 0.224. The number of hydrogen-bond donors (Lipinski definition) is 1. The van der Waals surface area contributed by atoms with E-state index in [1.54, 1.807) is 18.2 Å². The first-order valence-corrected chi connectivity index (χ1v) is 8.69. The van der Waals surface area contributed by atoms with Crippen LogP contribution in [0.4, 0.5) is 0 Å².